The highest BCUT2D eigenvalue weighted by atomic mass is 32.1. The van der Waals surface area contributed by atoms with Crippen molar-refractivity contribution in [1.29, 1.82) is 5.26 Å². The predicted octanol–water partition coefficient (Wildman–Crippen LogP) is 3.27. The van der Waals surface area contributed by atoms with Gasteiger partial charge in [0.1, 0.15) is 4.88 Å². The highest BCUT2D eigenvalue weighted by Crippen LogP contribution is 2.26. The Balaban J connectivity index is 2.06. The van der Waals surface area contributed by atoms with Gasteiger partial charge in [-0.25, -0.2) is 9.59 Å². The van der Waals surface area contributed by atoms with E-state index in [1.165, 1.54) is 0 Å². The Morgan fingerprint density at radius 1 is 1.29 bits per heavy atom. The van der Waals surface area contributed by atoms with Crippen molar-refractivity contribution in [2.45, 2.75) is 6.92 Å². The summed E-state index contributed by atoms with van der Waals surface area (Å²) in [4.78, 5) is 23.0. The van der Waals surface area contributed by atoms with Crippen LogP contribution in [0.1, 0.15) is 20.8 Å². The lowest BCUT2D eigenvalue weighted by molar-refractivity contribution is 0.0701. The molecule has 0 saturated heterocycles. The van der Waals surface area contributed by atoms with Crippen molar-refractivity contribution in [2.75, 3.05) is 10.6 Å². The van der Waals surface area contributed by atoms with Gasteiger partial charge in [0.05, 0.1) is 16.6 Å². The normalized spacial score (nSPS) is 9.71. The van der Waals surface area contributed by atoms with E-state index in [-0.39, 0.29) is 4.88 Å². The summed E-state index contributed by atoms with van der Waals surface area (Å²) in [5.74, 6) is -1.02. The number of anilines is 2. The van der Waals surface area contributed by atoms with Gasteiger partial charge in [-0.15, -0.1) is 11.3 Å². The maximum Gasteiger partial charge on any atom is 0.346 e. The first kappa shape index (κ1) is 14.6. The molecule has 21 heavy (non-hydrogen) atoms. The Kier molecular flexibility index (Phi) is 4.21. The van der Waals surface area contributed by atoms with E-state index in [9.17, 15) is 9.59 Å². The van der Waals surface area contributed by atoms with Crippen molar-refractivity contribution >= 4 is 34.0 Å². The molecule has 0 atom stereocenters. The summed E-state index contributed by atoms with van der Waals surface area (Å²) >= 11 is 0.990. The van der Waals surface area contributed by atoms with Crippen molar-refractivity contribution in [3.63, 3.8) is 0 Å². The summed E-state index contributed by atoms with van der Waals surface area (Å²) in [7, 11) is 0. The molecule has 0 bridgehead atoms. The summed E-state index contributed by atoms with van der Waals surface area (Å²) in [6, 6.07) is 9.57. The van der Waals surface area contributed by atoms with Crippen LogP contribution in [-0.4, -0.2) is 17.1 Å². The van der Waals surface area contributed by atoms with Gasteiger partial charge in [0.25, 0.3) is 0 Å². The number of nitriles is 1. The van der Waals surface area contributed by atoms with Crippen LogP contribution in [-0.2, 0) is 0 Å². The average molecular weight is 301 g/mol. The van der Waals surface area contributed by atoms with E-state index in [0.717, 1.165) is 11.3 Å². The molecule has 3 N–H and O–H groups in total. The van der Waals surface area contributed by atoms with Crippen LogP contribution in [0, 0.1) is 18.3 Å². The summed E-state index contributed by atoms with van der Waals surface area (Å²) in [5.41, 5.74) is 1.51. The van der Waals surface area contributed by atoms with Gasteiger partial charge >= 0.3 is 12.0 Å². The van der Waals surface area contributed by atoms with Crippen molar-refractivity contribution in [3.05, 3.63) is 46.3 Å². The molecule has 1 aromatic carbocycles. The van der Waals surface area contributed by atoms with E-state index in [0.29, 0.717) is 21.8 Å². The third-order valence-electron chi connectivity index (χ3n) is 2.60. The first-order valence-corrected chi connectivity index (χ1v) is 6.73. The number of aromatic carboxylic acids is 1. The number of hydrogen-bond acceptors (Lipinski definition) is 4. The number of hydrogen-bond donors (Lipinski definition) is 3. The lowest BCUT2D eigenvalue weighted by atomic mass is 10.2. The fourth-order valence-corrected chi connectivity index (χ4v) is 2.60. The SMILES string of the molecule is Cc1cc(NC(=O)Nc2cccc(C#N)c2)sc1C(=O)O. The number of carboxylic acid groups (broad SMARTS) is 1. The zero-order valence-electron chi connectivity index (χ0n) is 11.0. The second-order valence-corrected chi connectivity index (χ2v) is 5.25. The highest BCUT2D eigenvalue weighted by molar-refractivity contribution is 7.18. The molecule has 0 aliphatic rings. The molecular formula is C14H11N3O3S. The molecule has 6 nitrogen and oxygen atoms in total. The molecule has 1 heterocycles. The molecule has 0 fully saturated rings. The van der Waals surface area contributed by atoms with Crippen LogP contribution in [0.15, 0.2) is 30.3 Å². The van der Waals surface area contributed by atoms with E-state index in [1.54, 1.807) is 37.3 Å². The molecule has 0 radical (unpaired) electrons. The second-order valence-electron chi connectivity index (χ2n) is 4.20. The first-order chi connectivity index (χ1) is 9.99. The third kappa shape index (κ3) is 3.58. The zero-order chi connectivity index (χ0) is 15.4. The Morgan fingerprint density at radius 3 is 2.67 bits per heavy atom. The molecule has 2 amide bonds. The minimum absolute atomic E-state index is 0.191. The number of nitrogens with one attached hydrogen (secondary N) is 2. The molecule has 0 spiro atoms. The molecule has 0 unspecified atom stereocenters. The molecular weight excluding hydrogens is 290 g/mol. The maximum atomic E-state index is 11.8. The zero-order valence-corrected chi connectivity index (χ0v) is 11.8. The average Bonchev–Trinajstić information content (AvgIpc) is 2.79. The van der Waals surface area contributed by atoms with Gasteiger partial charge in [-0.3, -0.25) is 5.32 Å². The summed E-state index contributed by atoms with van der Waals surface area (Å²) in [6.07, 6.45) is 0. The van der Waals surface area contributed by atoms with E-state index < -0.39 is 12.0 Å². The summed E-state index contributed by atoms with van der Waals surface area (Å²) < 4.78 is 0. The highest BCUT2D eigenvalue weighted by Gasteiger charge is 2.13. The largest absolute Gasteiger partial charge is 0.477 e. The number of urea groups is 1. The summed E-state index contributed by atoms with van der Waals surface area (Å²) in [5, 5.41) is 23.3. The molecule has 0 aliphatic heterocycles. The number of nitrogens with zero attached hydrogens (tertiary/aromatic N) is 1. The minimum atomic E-state index is -1.02. The third-order valence-corrected chi connectivity index (χ3v) is 3.74. The Bertz CT molecular complexity index is 746. The van der Waals surface area contributed by atoms with Gasteiger partial charge in [-0.05, 0) is 36.8 Å². The van der Waals surface area contributed by atoms with Crippen LogP contribution in [0.3, 0.4) is 0 Å². The maximum absolute atomic E-state index is 11.8. The first-order valence-electron chi connectivity index (χ1n) is 5.91. The van der Waals surface area contributed by atoms with Crippen LogP contribution in [0.25, 0.3) is 0 Å². The number of thiophene rings is 1. The molecule has 1 aromatic heterocycles. The van der Waals surface area contributed by atoms with Gasteiger partial charge in [0.15, 0.2) is 0 Å². The number of aryl methyl sites for hydroxylation is 1. The van der Waals surface area contributed by atoms with E-state index in [1.807, 2.05) is 6.07 Å². The molecule has 2 aromatic rings. The van der Waals surface area contributed by atoms with Crippen LogP contribution < -0.4 is 10.6 Å². The van der Waals surface area contributed by atoms with Crippen molar-refractivity contribution in [2.24, 2.45) is 0 Å². The fraction of sp³-hybridized carbons (Fsp3) is 0.0714. The predicted molar refractivity (Wildman–Crippen MR) is 79.8 cm³/mol. The minimum Gasteiger partial charge on any atom is -0.477 e. The standard InChI is InChI=1S/C14H11N3O3S/c1-8-5-11(21-12(8)13(18)19)17-14(20)16-10-4-2-3-9(6-10)7-15/h2-6H,1H3,(H,18,19)(H2,16,17,20). The quantitative estimate of drug-likeness (QED) is 0.809. The fourth-order valence-electron chi connectivity index (χ4n) is 1.70. The van der Waals surface area contributed by atoms with Crippen LogP contribution in [0.2, 0.25) is 0 Å². The molecule has 7 heteroatoms. The van der Waals surface area contributed by atoms with E-state index >= 15 is 0 Å². The Morgan fingerprint density at radius 2 is 2.05 bits per heavy atom. The van der Waals surface area contributed by atoms with Gasteiger partial charge in [-0.2, -0.15) is 5.26 Å². The number of rotatable bonds is 3. The Hall–Kier alpha value is -2.85. The number of carbonyl (C=O) groups is 2. The van der Waals surface area contributed by atoms with Crippen LogP contribution in [0.4, 0.5) is 15.5 Å². The lowest BCUT2D eigenvalue weighted by Crippen LogP contribution is -2.18. The van der Waals surface area contributed by atoms with Gasteiger partial charge < -0.3 is 10.4 Å². The van der Waals surface area contributed by atoms with Gasteiger partial charge in [-0.1, -0.05) is 6.07 Å². The topological polar surface area (TPSA) is 102 Å². The molecule has 0 saturated carbocycles. The monoisotopic (exact) mass is 301 g/mol. The smallest absolute Gasteiger partial charge is 0.346 e. The number of benzene rings is 1. The van der Waals surface area contributed by atoms with Gasteiger partial charge in [0, 0.05) is 5.69 Å². The molecule has 2 rings (SSSR count). The van der Waals surface area contributed by atoms with Crippen molar-refractivity contribution in [3.8, 4) is 6.07 Å². The van der Waals surface area contributed by atoms with Crippen LogP contribution in [0.5, 0.6) is 0 Å². The van der Waals surface area contributed by atoms with E-state index in [2.05, 4.69) is 10.6 Å². The van der Waals surface area contributed by atoms with Crippen LogP contribution >= 0.6 is 11.3 Å². The van der Waals surface area contributed by atoms with Crippen molar-refractivity contribution < 1.29 is 14.7 Å². The number of carbonyl (C=O) groups excluding carboxylic acids is 1. The Labute approximate surface area is 124 Å². The molecule has 106 valence electrons. The molecule has 0 aliphatic carbocycles. The van der Waals surface area contributed by atoms with Gasteiger partial charge in [0.2, 0.25) is 0 Å². The lowest BCUT2D eigenvalue weighted by Gasteiger charge is -2.05. The number of amides is 2. The van der Waals surface area contributed by atoms with Crippen molar-refractivity contribution in [1.82, 2.24) is 0 Å². The second kappa shape index (κ2) is 6.07. The summed E-state index contributed by atoms with van der Waals surface area (Å²) in [6.45, 7) is 1.67. The van der Waals surface area contributed by atoms with E-state index in [4.69, 9.17) is 10.4 Å². The number of carboxylic acids is 1.